The number of rotatable bonds is 5. The van der Waals surface area contributed by atoms with Crippen molar-refractivity contribution in [3.8, 4) is 5.95 Å². The van der Waals surface area contributed by atoms with Gasteiger partial charge in [0.25, 0.3) is 5.56 Å². The first-order chi connectivity index (χ1) is 12.9. The van der Waals surface area contributed by atoms with E-state index in [0.717, 1.165) is 55.9 Å². The van der Waals surface area contributed by atoms with Crippen molar-refractivity contribution >= 4 is 5.91 Å². The monoisotopic (exact) mass is 371 g/mol. The molecule has 2 aromatic rings. The maximum atomic E-state index is 12.8. The van der Waals surface area contributed by atoms with Crippen LogP contribution in [0.15, 0.2) is 16.9 Å². The molecule has 146 valence electrons. The average molecular weight is 371 g/mol. The molecule has 0 unspecified atom stereocenters. The van der Waals surface area contributed by atoms with Crippen molar-refractivity contribution in [3.05, 3.63) is 39.6 Å². The van der Waals surface area contributed by atoms with E-state index in [1.165, 1.54) is 4.57 Å². The van der Waals surface area contributed by atoms with Gasteiger partial charge < -0.3 is 4.90 Å². The van der Waals surface area contributed by atoms with Gasteiger partial charge in [0.1, 0.15) is 6.54 Å². The number of nitrogens with zero attached hydrogens (tertiary/aromatic N) is 5. The van der Waals surface area contributed by atoms with Crippen LogP contribution in [0.1, 0.15) is 50.2 Å². The minimum Gasteiger partial charge on any atom is -0.341 e. The number of hydrogen-bond acceptors (Lipinski definition) is 4. The Morgan fingerprint density at radius 2 is 1.93 bits per heavy atom. The summed E-state index contributed by atoms with van der Waals surface area (Å²) in [5, 5.41) is 4.48. The van der Waals surface area contributed by atoms with E-state index in [-0.39, 0.29) is 18.0 Å². The summed E-state index contributed by atoms with van der Waals surface area (Å²) in [6.07, 6.45) is 3.65. The number of likely N-dealkylation sites (tertiary alicyclic amines) is 1. The highest BCUT2D eigenvalue weighted by atomic mass is 16.2. The van der Waals surface area contributed by atoms with Crippen LogP contribution in [-0.4, -0.2) is 43.2 Å². The van der Waals surface area contributed by atoms with Crippen LogP contribution < -0.4 is 5.56 Å². The van der Waals surface area contributed by atoms with Crippen molar-refractivity contribution in [2.24, 2.45) is 5.92 Å². The first-order valence-corrected chi connectivity index (χ1v) is 9.81. The van der Waals surface area contributed by atoms with Gasteiger partial charge in [0.05, 0.1) is 5.69 Å². The summed E-state index contributed by atoms with van der Waals surface area (Å²) in [5.74, 6) is 1.05. The lowest BCUT2D eigenvalue weighted by Crippen LogP contribution is -2.42. The number of amides is 1. The molecule has 7 heteroatoms. The molecule has 1 saturated heterocycles. The third-order valence-electron chi connectivity index (χ3n) is 5.18. The van der Waals surface area contributed by atoms with Gasteiger partial charge in [-0.1, -0.05) is 20.3 Å². The zero-order valence-corrected chi connectivity index (χ0v) is 16.7. The van der Waals surface area contributed by atoms with Gasteiger partial charge in [0.2, 0.25) is 11.9 Å². The number of piperidine rings is 1. The van der Waals surface area contributed by atoms with E-state index in [4.69, 9.17) is 0 Å². The van der Waals surface area contributed by atoms with Crippen LogP contribution in [0.4, 0.5) is 0 Å². The minimum absolute atomic E-state index is 0.000298. The van der Waals surface area contributed by atoms with Gasteiger partial charge in [-0.25, -0.2) is 9.67 Å². The van der Waals surface area contributed by atoms with Crippen LogP contribution in [0.25, 0.3) is 5.95 Å². The summed E-state index contributed by atoms with van der Waals surface area (Å²) in [5.41, 5.74) is 2.28. The Morgan fingerprint density at radius 1 is 1.22 bits per heavy atom. The molecule has 7 nitrogen and oxygen atoms in total. The van der Waals surface area contributed by atoms with Crippen LogP contribution in [0.2, 0.25) is 0 Å². The van der Waals surface area contributed by atoms with Gasteiger partial charge in [0, 0.05) is 30.5 Å². The Balaban J connectivity index is 1.97. The SMILES string of the molecule is CCCc1cc(=O)n(CC(=O)N2CCC(C)CC2)c(-n2nc(C)cc2C)n1. The third-order valence-corrected chi connectivity index (χ3v) is 5.18. The molecule has 0 radical (unpaired) electrons. The first kappa shape index (κ1) is 19.3. The van der Waals surface area contributed by atoms with Crippen molar-refractivity contribution in [3.63, 3.8) is 0 Å². The second-order valence-electron chi connectivity index (χ2n) is 7.62. The Bertz CT molecular complexity index is 875. The highest BCUT2D eigenvalue weighted by Crippen LogP contribution is 2.17. The first-order valence-electron chi connectivity index (χ1n) is 9.81. The van der Waals surface area contributed by atoms with Crippen molar-refractivity contribution in [1.82, 2.24) is 24.2 Å². The lowest BCUT2D eigenvalue weighted by Gasteiger charge is -2.30. The summed E-state index contributed by atoms with van der Waals surface area (Å²) in [7, 11) is 0. The Kier molecular flexibility index (Phi) is 5.77. The molecule has 0 aliphatic carbocycles. The van der Waals surface area contributed by atoms with Crippen LogP contribution >= 0.6 is 0 Å². The quantitative estimate of drug-likeness (QED) is 0.808. The molecule has 2 aromatic heterocycles. The Morgan fingerprint density at radius 3 is 2.52 bits per heavy atom. The fourth-order valence-corrected chi connectivity index (χ4v) is 3.56. The van der Waals surface area contributed by atoms with Crippen molar-refractivity contribution in [1.29, 1.82) is 0 Å². The normalized spacial score (nSPS) is 15.3. The van der Waals surface area contributed by atoms with Gasteiger partial charge in [0.15, 0.2) is 0 Å². The van der Waals surface area contributed by atoms with Crippen LogP contribution in [0, 0.1) is 19.8 Å². The molecule has 0 bridgehead atoms. The standard InChI is InChI=1S/C20H29N5O2/c1-5-6-17-12-18(26)24(13-19(27)23-9-7-14(2)8-10-23)20(21-17)25-16(4)11-15(3)22-25/h11-12,14H,5-10,13H2,1-4H3. The number of aryl methyl sites for hydroxylation is 3. The lowest BCUT2D eigenvalue weighted by atomic mass is 9.99. The molecule has 1 aliphatic heterocycles. The average Bonchev–Trinajstić information content (AvgIpc) is 2.96. The summed E-state index contributed by atoms with van der Waals surface area (Å²) < 4.78 is 3.13. The van der Waals surface area contributed by atoms with E-state index in [2.05, 4.69) is 23.9 Å². The molecule has 3 rings (SSSR count). The largest absolute Gasteiger partial charge is 0.341 e. The van der Waals surface area contributed by atoms with Gasteiger partial charge in [-0.15, -0.1) is 0 Å². The number of carbonyl (C=O) groups is 1. The van der Waals surface area contributed by atoms with Gasteiger partial charge in [-0.2, -0.15) is 5.10 Å². The van der Waals surface area contributed by atoms with E-state index < -0.39 is 0 Å². The maximum absolute atomic E-state index is 12.8. The molecule has 1 aliphatic rings. The van der Waals surface area contributed by atoms with Gasteiger partial charge in [-0.05, 0) is 45.1 Å². The molecule has 0 spiro atoms. The van der Waals surface area contributed by atoms with Gasteiger partial charge >= 0.3 is 0 Å². The molecule has 1 fully saturated rings. The van der Waals surface area contributed by atoms with Crippen molar-refractivity contribution in [2.45, 2.75) is 59.9 Å². The molecular weight excluding hydrogens is 342 g/mol. The predicted octanol–water partition coefficient (Wildman–Crippen LogP) is 2.26. The highest BCUT2D eigenvalue weighted by molar-refractivity contribution is 5.76. The van der Waals surface area contributed by atoms with E-state index in [1.807, 2.05) is 24.8 Å². The molecule has 1 amide bonds. The van der Waals surface area contributed by atoms with Crippen molar-refractivity contribution in [2.75, 3.05) is 13.1 Å². The fraction of sp³-hybridized carbons (Fsp3) is 0.600. The van der Waals surface area contributed by atoms with E-state index in [9.17, 15) is 9.59 Å². The summed E-state index contributed by atoms with van der Waals surface area (Å²) in [4.78, 5) is 32.2. The van der Waals surface area contributed by atoms with E-state index >= 15 is 0 Å². The second kappa shape index (κ2) is 8.06. The van der Waals surface area contributed by atoms with Crippen LogP contribution in [0.3, 0.4) is 0 Å². The van der Waals surface area contributed by atoms with Crippen LogP contribution in [0.5, 0.6) is 0 Å². The van der Waals surface area contributed by atoms with E-state index in [1.54, 1.807) is 10.7 Å². The van der Waals surface area contributed by atoms with Crippen molar-refractivity contribution < 1.29 is 4.79 Å². The summed E-state index contributed by atoms with van der Waals surface area (Å²) in [6, 6.07) is 3.49. The lowest BCUT2D eigenvalue weighted by molar-refractivity contribution is -0.133. The third kappa shape index (κ3) is 4.28. The smallest absolute Gasteiger partial charge is 0.255 e. The zero-order chi connectivity index (χ0) is 19.6. The Hall–Kier alpha value is -2.44. The van der Waals surface area contributed by atoms with E-state index in [0.29, 0.717) is 11.9 Å². The number of carbonyl (C=O) groups excluding carboxylic acids is 1. The second-order valence-corrected chi connectivity index (χ2v) is 7.62. The molecule has 0 N–H and O–H groups in total. The topological polar surface area (TPSA) is 73.0 Å². The zero-order valence-electron chi connectivity index (χ0n) is 16.7. The predicted molar refractivity (Wildman–Crippen MR) is 104 cm³/mol. The molecule has 3 heterocycles. The molecule has 27 heavy (non-hydrogen) atoms. The maximum Gasteiger partial charge on any atom is 0.255 e. The highest BCUT2D eigenvalue weighted by Gasteiger charge is 2.23. The Labute approximate surface area is 160 Å². The molecule has 0 aromatic carbocycles. The number of aromatic nitrogens is 4. The molecule has 0 atom stereocenters. The summed E-state index contributed by atoms with van der Waals surface area (Å²) >= 11 is 0. The molecular formula is C20H29N5O2. The molecule has 0 saturated carbocycles. The van der Waals surface area contributed by atoms with Gasteiger partial charge in [-0.3, -0.25) is 14.2 Å². The fourth-order valence-electron chi connectivity index (χ4n) is 3.56. The minimum atomic E-state index is -0.199. The number of hydrogen-bond donors (Lipinski definition) is 0. The summed E-state index contributed by atoms with van der Waals surface area (Å²) in [6.45, 7) is 9.61. The van der Waals surface area contributed by atoms with Crippen LogP contribution in [-0.2, 0) is 17.8 Å².